The molecule has 27 heavy (non-hydrogen) atoms. The highest BCUT2D eigenvalue weighted by Crippen LogP contribution is 2.25. The third-order valence-corrected chi connectivity index (χ3v) is 5.90. The number of ether oxygens (including phenoxy) is 1. The number of benzene rings is 1. The van der Waals surface area contributed by atoms with E-state index in [1.54, 1.807) is 0 Å². The van der Waals surface area contributed by atoms with Crippen molar-refractivity contribution in [3.8, 4) is 11.3 Å². The highest BCUT2D eigenvalue weighted by Gasteiger charge is 2.24. The SMILES string of the molecule is Cc1ccc(-c2cc(CN3CCCC[C@@H]3CCN3CCOCC3)on2)cc1. The van der Waals surface area contributed by atoms with E-state index in [9.17, 15) is 0 Å². The van der Waals surface area contributed by atoms with Gasteiger partial charge in [-0.25, -0.2) is 0 Å². The zero-order valence-electron chi connectivity index (χ0n) is 16.4. The summed E-state index contributed by atoms with van der Waals surface area (Å²) in [4.78, 5) is 5.14. The molecule has 2 fully saturated rings. The molecule has 0 aliphatic carbocycles. The second-order valence-corrected chi connectivity index (χ2v) is 7.91. The van der Waals surface area contributed by atoms with Crippen LogP contribution in [0.4, 0.5) is 0 Å². The fourth-order valence-corrected chi connectivity index (χ4v) is 4.20. The number of piperidine rings is 1. The molecule has 1 aromatic carbocycles. The molecule has 3 heterocycles. The first-order valence-corrected chi connectivity index (χ1v) is 10.3. The van der Waals surface area contributed by atoms with Gasteiger partial charge in [0.1, 0.15) is 5.69 Å². The van der Waals surface area contributed by atoms with Gasteiger partial charge in [0.25, 0.3) is 0 Å². The predicted octanol–water partition coefficient (Wildman–Crippen LogP) is 3.73. The third kappa shape index (κ3) is 4.98. The highest BCUT2D eigenvalue weighted by molar-refractivity contribution is 5.59. The van der Waals surface area contributed by atoms with E-state index < -0.39 is 0 Å². The average molecular weight is 370 g/mol. The van der Waals surface area contributed by atoms with Crippen LogP contribution < -0.4 is 0 Å². The van der Waals surface area contributed by atoms with Gasteiger partial charge in [0, 0.05) is 30.8 Å². The molecule has 0 saturated carbocycles. The maximum absolute atomic E-state index is 5.68. The first-order valence-electron chi connectivity index (χ1n) is 10.3. The summed E-state index contributed by atoms with van der Waals surface area (Å²) in [5.74, 6) is 0.976. The first-order chi connectivity index (χ1) is 13.3. The Morgan fingerprint density at radius 1 is 1.07 bits per heavy atom. The van der Waals surface area contributed by atoms with Crippen molar-refractivity contribution in [3.63, 3.8) is 0 Å². The Kier molecular flexibility index (Phi) is 6.22. The molecule has 0 radical (unpaired) electrons. The zero-order chi connectivity index (χ0) is 18.5. The fraction of sp³-hybridized carbons (Fsp3) is 0.591. The van der Waals surface area contributed by atoms with Crippen LogP contribution in [0.15, 0.2) is 34.9 Å². The molecule has 5 nitrogen and oxygen atoms in total. The van der Waals surface area contributed by atoms with Crippen molar-refractivity contribution in [3.05, 3.63) is 41.7 Å². The molecule has 1 aromatic heterocycles. The summed E-state index contributed by atoms with van der Waals surface area (Å²) in [6.45, 7) is 9.23. The van der Waals surface area contributed by atoms with E-state index in [1.165, 1.54) is 37.8 Å². The number of nitrogens with zero attached hydrogens (tertiary/aromatic N) is 3. The summed E-state index contributed by atoms with van der Waals surface area (Å²) in [5, 5.41) is 4.30. The minimum Gasteiger partial charge on any atom is -0.379 e. The molecule has 2 aromatic rings. The van der Waals surface area contributed by atoms with Crippen LogP contribution in [-0.2, 0) is 11.3 Å². The van der Waals surface area contributed by atoms with Crippen LogP contribution in [0.25, 0.3) is 11.3 Å². The fourth-order valence-electron chi connectivity index (χ4n) is 4.20. The molecule has 2 saturated heterocycles. The molecular formula is C22H31N3O2. The van der Waals surface area contributed by atoms with Gasteiger partial charge in [-0.1, -0.05) is 41.4 Å². The summed E-state index contributed by atoms with van der Waals surface area (Å²) in [7, 11) is 0. The minimum absolute atomic E-state index is 0.648. The van der Waals surface area contributed by atoms with Crippen molar-refractivity contribution < 1.29 is 9.26 Å². The van der Waals surface area contributed by atoms with Crippen LogP contribution >= 0.6 is 0 Å². The summed E-state index contributed by atoms with van der Waals surface area (Å²) < 4.78 is 11.1. The zero-order valence-corrected chi connectivity index (χ0v) is 16.4. The largest absolute Gasteiger partial charge is 0.379 e. The molecule has 4 rings (SSSR count). The summed E-state index contributed by atoms with van der Waals surface area (Å²) in [6, 6.07) is 11.2. The van der Waals surface area contributed by atoms with Gasteiger partial charge in [-0.2, -0.15) is 0 Å². The molecule has 146 valence electrons. The normalized spacial score (nSPS) is 22.2. The van der Waals surface area contributed by atoms with Crippen molar-refractivity contribution >= 4 is 0 Å². The lowest BCUT2D eigenvalue weighted by Crippen LogP contribution is -2.43. The Balaban J connectivity index is 1.35. The first kappa shape index (κ1) is 18.7. The van der Waals surface area contributed by atoms with Gasteiger partial charge in [-0.3, -0.25) is 9.80 Å². The highest BCUT2D eigenvalue weighted by atomic mass is 16.5. The Morgan fingerprint density at radius 3 is 2.70 bits per heavy atom. The van der Waals surface area contributed by atoms with Gasteiger partial charge in [-0.05, 0) is 39.3 Å². The third-order valence-electron chi connectivity index (χ3n) is 5.90. The molecule has 0 bridgehead atoms. The number of aryl methyl sites for hydroxylation is 1. The lowest BCUT2D eigenvalue weighted by atomic mass is 9.98. The molecule has 0 N–H and O–H groups in total. The lowest BCUT2D eigenvalue weighted by molar-refractivity contribution is 0.0296. The molecule has 0 unspecified atom stereocenters. The standard InChI is InChI=1S/C22H31N3O2/c1-18-5-7-19(8-6-18)22-16-21(27-23-22)17-25-10-3-2-4-20(25)9-11-24-12-14-26-15-13-24/h5-8,16,20H,2-4,9-15,17H2,1H3/t20-/m1/s1. The van der Waals surface area contributed by atoms with E-state index in [4.69, 9.17) is 9.26 Å². The predicted molar refractivity (Wildman–Crippen MR) is 107 cm³/mol. The van der Waals surface area contributed by atoms with Gasteiger partial charge in [0.15, 0.2) is 5.76 Å². The second kappa shape index (κ2) is 9.00. The number of morpholine rings is 1. The van der Waals surface area contributed by atoms with Crippen LogP contribution in [0.3, 0.4) is 0 Å². The van der Waals surface area contributed by atoms with Crippen LogP contribution in [-0.4, -0.2) is 60.4 Å². The Bertz CT molecular complexity index is 707. The van der Waals surface area contributed by atoms with E-state index in [0.717, 1.165) is 56.4 Å². The monoisotopic (exact) mass is 369 g/mol. The Labute approximate surface area is 162 Å². The number of rotatable bonds is 6. The second-order valence-electron chi connectivity index (χ2n) is 7.91. The van der Waals surface area contributed by atoms with Gasteiger partial charge < -0.3 is 9.26 Å². The van der Waals surface area contributed by atoms with Crippen molar-refractivity contribution in [1.29, 1.82) is 0 Å². The Morgan fingerprint density at radius 2 is 1.89 bits per heavy atom. The molecule has 1 atom stereocenters. The molecule has 5 heteroatoms. The molecule has 0 amide bonds. The van der Waals surface area contributed by atoms with E-state index in [-0.39, 0.29) is 0 Å². The number of hydrogen-bond acceptors (Lipinski definition) is 5. The average Bonchev–Trinajstić information content (AvgIpc) is 3.17. The minimum atomic E-state index is 0.648. The van der Waals surface area contributed by atoms with Gasteiger partial charge >= 0.3 is 0 Å². The van der Waals surface area contributed by atoms with Crippen molar-refractivity contribution in [2.24, 2.45) is 0 Å². The molecule has 0 spiro atoms. The van der Waals surface area contributed by atoms with Crippen LogP contribution in [0.2, 0.25) is 0 Å². The summed E-state index contributed by atoms with van der Waals surface area (Å²) in [6.07, 6.45) is 5.16. The number of aromatic nitrogens is 1. The van der Waals surface area contributed by atoms with Crippen molar-refractivity contribution in [2.45, 2.75) is 45.2 Å². The van der Waals surface area contributed by atoms with Gasteiger partial charge in [-0.15, -0.1) is 0 Å². The lowest BCUT2D eigenvalue weighted by Gasteiger charge is -2.37. The maximum Gasteiger partial charge on any atom is 0.151 e. The van der Waals surface area contributed by atoms with Crippen LogP contribution in [0, 0.1) is 6.92 Å². The number of hydrogen-bond donors (Lipinski definition) is 0. The van der Waals surface area contributed by atoms with E-state index in [2.05, 4.69) is 52.2 Å². The van der Waals surface area contributed by atoms with Crippen LogP contribution in [0.5, 0.6) is 0 Å². The van der Waals surface area contributed by atoms with E-state index in [0.29, 0.717) is 6.04 Å². The van der Waals surface area contributed by atoms with Crippen LogP contribution in [0.1, 0.15) is 37.0 Å². The summed E-state index contributed by atoms with van der Waals surface area (Å²) >= 11 is 0. The Hall–Kier alpha value is -1.69. The smallest absolute Gasteiger partial charge is 0.151 e. The molecular weight excluding hydrogens is 338 g/mol. The summed E-state index contributed by atoms with van der Waals surface area (Å²) in [5.41, 5.74) is 3.32. The topological polar surface area (TPSA) is 41.7 Å². The van der Waals surface area contributed by atoms with Gasteiger partial charge in [0.05, 0.1) is 19.8 Å². The molecule has 2 aliphatic rings. The quantitative estimate of drug-likeness (QED) is 0.776. The maximum atomic E-state index is 5.68. The molecule has 2 aliphatic heterocycles. The number of likely N-dealkylation sites (tertiary alicyclic amines) is 1. The van der Waals surface area contributed by atoms with Crippen molar-refractivity contribution in [1.82, 2.24) is 15.0 Å². The van der Waals surface area contributed by atoms with Crippen molar-refractivity contribution in [2.75, 3.05) is 39.4 Å². The van der Waals surface area contributed by atoms with E-state index in [1.807, 2.05) is 0 Å². The van der Waals surface area contributed by atoms with Gasteiger partial charge in [0.2, 0.25) is 0 Å². The van der Waals surface area contributed by atoms with E-state index >= 15 is 0 Å².